The van der Waals surface area contributed by atoms with E-state index < -0.39 is 17.6 Å². The molecule has 0 aromatic heterocycles. The van der Waals surface area contributed by atoms with Gasteiger partial charge in [0.2, 0.25) is 0 Å². The summed E-state index contributed by atoms with van der Waals surface area (Å²) >= 11 is 0. The molecule has 0 aliphatic carbocycles. The van der Waals surface area contributed by atoms with Crippen molar-refractivity contribution in [3.8, 4) is 0 Å². The van der Waals surface area contributed by atoms with Crippen LogP contribution in [0.5, 0.6) is 0 Å². The fraction of sp³-hybridized carbons (Fsp3) is 0.188. The molecule has 0 aliphatic heterocycles. The quantitative estimate of drug-likeness (QED) is 0.852. The van der Waals surface area contributed by atoms with E-state index >= 15 is 0 Å². The summed E-state index contributed by atoms with van der Waals surface area (Å²) in [6, 6.07) is 9.47. The van der Waals surface area contributed by atoms with Crippen LogP contribution in [-0.4, -0.2) is 5.91 Å². The Kier molecular flexibility index (Phi) is 4.40. The van der Waals surface area contributed by atoms with Crippen molar-refractivity contribution in [2.45, 2.75) is 19.6 Å². The van der Waals surface area contributed by atoms with Crippen LogP contribution >= 0.6 is 0 Å². The first-order valence-corrected chi connectivity index (χ1v) is 6.58. The Hall–Kier alpha value is -2.50. The second-order valence-corrected chi connectivity index (χ2v) is 4.89. The van der Waals surface area contributed by atoms with Crippen molar-refractivity contribution >= 4 is 11.6 Å². The van der Waals surface area contributed by atoms with Crippen LogP contribution < -0.4 is 11.1 Å². The number of alkyl halides is 3. The molecule has 2 rings (SSSR count). The highest BCUT2D eigenvalue weighted by Crippen LogP contribution is 2.29. The summed E-state index contributed by atoms with van der Waals surface area (Å²) in [5.74, 6) is -0.435. The number of nitrogens with two attached hydrogens (primary N) is 1. The molecule has 1 amide bonds. The molecular weight excluding hydrogens is 293 g/mol. The summed E-state index contributed by atoms with van der Waals surface area (Å²) in [5.41, 5.74) is 7.53. The minimum Gasteiger partial charge on any atom is -0.399 e. The van der Waals surface area contributed by atoms with Crippen molar-refractivity contribution in [3.05, 3.63) is 64.7 Å². The van der Waals surface area contributed by atoms with Crippen LogP contribution in [0.25, 0.3) is 0 Å². The highest BCUT2D eigenvalue weighted by Gasteiger charge is 2.30. The average molecular weight is 308 g/mol. The Balaban J connectivity index is 2.05. The van der Waals surface area contributed by atoms with Gasteiger partial charge in [0, 0.05) is 17.8 Å². The smallest absolute Gasteiger partial charge is 0.399 e. The first-order chi connectivity index (χ1) is 10.3. The molecule has 2 aromatic rings. The van der Waals surface area contributed by atoms with Crippen LogP contribution in [0.1, 0.15) is 27.0 Å². The van der Waals surface area contributed by atoms with Gasteiger partial charge < -0.3 is 11.1 Å². The molecule has 0 heterocycles. The van der Waals surface area contributed by atoms with Crippen LogP contribution in [-0.2, 0) is 12.7 Å². The summed E-state index contributed by atoms with van der Waals surface area (Å²) in [6.45, 7) is 2.10. The lowest BCUT2D eigenvalue weighted by molar-refractivity contribution is -0.137. The van der Waals surface area contributed by atoms with Gasteiger partial charge >= 0.3 is 6.18 Å². The average Bonchev–Trinajstić information content (AvgIpc) is 2.48. The Morgan fingerprint density at radius 1 is 1.14 bits per heavy atom. The summed E-state index contributed by atoms with van der Waals surface area (Å²) in [6.07, 6.45) is -4.41. The van der Waals surface area contributed by atoms with E-state index in [1.807, 2.05) is 13.0 Å². The number of rotatable bonds is 3. The fourth-order valence-corrected chi connectivity index (χ4v) is 1.98. The first kappa shape index (κ1) is 15.9. The van der Waals surface area contributed by atoms with Gasteiger partial charge in [-0.25, -0.2) is 0 Å². The molecule has 22 heavy (non-hydrogen) atoms. The molecule has 0 atom stereocenters. The molecule has 0 radical (unpaired) electrons. The van der Waals surface area contributed by atoms with Gasteiger partial charge in [-0.2, -0.15) is 13.2 Å². The maximum atomic E-state index is 12.5. The highest BCUT2D eigenvalue weighted by atomic mass is 19.4. The number of benzene rings is 2. The molecule has 6 heteroatoms. The third kappa shape index (κ3) is 3.58. The zero-order valence-corrected chi connectivity index (χ0v) is 11.9. The summed E-state index contributed by atoms with van der Waals surface area (Å²) in [5, 5.41) is 2.67. The Morgan fingerprint density at radius 2 is 1.77 bits per heavy atom. The van der Waals surface area contributed by atoms with E-state index in [1.54, 1.807) is 12.1 Å². The van der Waals surface area contributed by atoms with Crippen LogP contribution in [0.3, 0.4) is 0 Å². The van der Waals surface area contributed by atoms with Crippen LogP contribution in [0.2, 0.25) is 0 Å². The lowest BCUT2D eigenvalue weighted by Crippen LogP contribution is -2.23. The minimum absolute atomic E-state index is 0.176. The molecule has 2 aromatic carbocycles. The largest absolute Gasteiger partial charge is 0.416 e. The maximum Gasteiger partial charge on any atom is 0.416 e. The second-order valence-electron chi connectivity index (χ2n) is 4.89. The molecule has 3 N–H and O–H groups in total. The second kappa shape index (κ2) is 6.09. The first-order valence-electron chi connectivity index (χ1n) is 6.58. The minimum atomic E-state index is -4.41. The van der Waals surface area contributed by atoms with E-state index in [0.29, 0.717) is 5.69 Å². The predicted molar refractivity (Wildman–Crippen MR) is 78.2 cm³/mol. The van der Waals surface area contributed by atoms with Gasteiger partial charge in [0.1, 0.15) is 0 Å². The third-order valence-corrected chi connectivity index (χ3v) is 3.40. The van der Waals surface area contributed by atoms with Gasteiger partial charge in [-0.15, -0.1) is 0 Å². The zero-order valence-electron chi connectivity index (χ0n) is 11.9. The maximum absolute atomic E-state index is 12.5. The zero-order chi connectivity index (χ0) is 16.3. The fourth-order valence-electron chi connectivity index (χ4n) is 1.98. The number of carbonyl (C=O) groups excluding carboxylic acids is 1. The summed E-state index contributed by atoms with van der Waals surface area (Å²) in [4.78, 5) is 12.0. The molecule has 0 saturated carbocycles. The SMILES string of the molecule is Cc1c(N)cccc1CNC(=O)c1ccc(C(F)(F)F)cc1. The molecule has 116 valence electrons. The van der Waals surface area contributed by atoms with Crippen LogP contribution in [0, 0.1) is 6.92 Å². The normalized spacial score (nSPS) is 11.3. The molecule has 0 bridgehead atoms. The van der Waals surface area contributed by atoms with Crippen molar-refractivity contribution < 1.29 is 18.0 Å². The Morgan fingerprint density at radius 3 is 2.36 bits per heavy atom. The lowest BCUT2D eigenvalue weighted by Gasteiger charge is -2.11. The summed E-state index contributed by atoms with van der Waals surface area (Å²) in [7, 11) is 0. The van der Waals surface area contributed by atoms with E-state index in [-0.39, 0.29) is 12.1 Å². The lowest BCUT2D eigenvalue weighted by atomic mass is 10.1. The molecule has 3 nitrogen and oxygen atoms in total. The number of hydrogen-bond donors (Lipinski definition) is 2. The monoisotopic (exact) mass is 308 g/mol. The number of hydrogen-bond acceptors (Lipinski definition) is 2. The van der Waals surface area contributed by atoms with Gasteiger partial charge in [-0.05, 0) is 48.4 Å². The number of carbonyl (C=O) groups is 1. The number of halogens is 3. The van der Waals surface area contributed by atoms with Gasteiger partial charge in [-0.1, -0.05) is 12.1 Å². The van der Waals surface area contributed by atoms with Crippen molar-refractivity contribution in [1.29, 1.82) is 0 Å². The molecule has 0 aliphatic rings. The summed E-state index contributed by atoms with van der Waals surface area (Å²) < 4.78 is 37.4. The van der Waals surface area contributed by atoms with Gasteiger partial charge in [0.05, 0.1) is 5.56 Å². The number of nitrogen functional groups attached to an aromatic ring is 1. The molecular formula is C16H15F3N2O. The van der Waals surface area contributed by atoms with Crippen molar-refractivity contribution in [2.75, 3.05) is 5.73 Å². The topological polar surface area (TPSA) is 55.1 Å². The van der Waals surface area contributed by atoms with E-state index in [4.69, 9.17) is 5.73 Å². The Bertz CT molecular complexity index is 679. The third-order valence-electron chi connectivity index (χ3n) is 3.40. The Labute approximate surface area is 125 Å². The predicted octanol–water partition coefficient (Wildman–Crippen LogP) is 3.53. The van der Waals surface area contributed by atoms with Crippen molar-refractivity contribution in [1.82, 2.24) is 5.32 Å². The van der Waals surface area contributed by atoms with Crippen LogP contribution in [0.15, 0.2) is 42.5 Å². The molecule has 0 unspecified atom stereocenters. The highest BCUT2D eigenvalue weighted by molar-refractivity contribution is 5.94. The van der Waals surface area contributed by atoms with E-state index in [1.165, 1.54) is 0 Å². The van der Waals surface area contributed by atoms with E-state index in [9.17, 15) is 18.0 Å². The molecule has 0 fully saturated rings. The standard InChI is InChI=1S/C16H15F3N2O/c1-10-12(3-2-4-14(10)20)9-21-15(22)11-5-7-13(8-6-11)16(17,18)19/h2-8H,9,20H2,1H3,(H,21,22). The van der Waals surface area contributed by atoms with Crippen LogP contribution in [0.4, 0.5) is 18.9 Å². The number of amides is 1. The molecule has 0 saturated heterocycles. The van der Waals surface area contributed by atoms with E-state index in [0.717, 1.165) is 35.4 Å². The van der Waals surface area contributed by atoms with Gasteiger partial charge in [-0.3, -0.25) is 4.79 Å². The van der Waals surface area contributed by atoms with E-state index in [2.05, 4.69) is 5.32 Å². The van der Waals surface area contributed by atoms with Gasteiger partial charge in [0.25, 0.3) is 5.91 Å². The van der Waals surface area contributed by atoms with Crippen molar-refractivity contribution in [2.24, 2.45) is 0 Å². The number of nitrogens with one attached hydrogen (secondary N) is 1. The number of anilines is 1. The molecule has 0 spiro atoms. The van der Waals surface area contributed by atoms with Crippen molar-refractivity contribution in [3.63, 3.8) is 0 Å². The van der Waals surface area contributed by atoms with Gasteiger partial charge in [0.15, 0.2) is 0 Å².